The zero-order valence-electron chi connectivity index (χ0n) is 14.9. The van der Waals surface area contributed by atoms with Gasteiger partial charge >= 0.3 is 14.5 Å². The first-order valence-electron chi connectivity index (χ1n) is 8.64. The van der Waals surface area contributed by atoms with E-state index in [9.17, 15) is 4.79 Å². The van der Waals surface area contributed by atoms with E-state index in [0.717, 1.165) is 57.4 Å². The van der Waals surface area contributed by atoms with Crippen LogP contribution in [0.2, 0.25) is 12.1 Å². The highest BCUT2D eigenvalue weighted by Crippen LogP contribution is 2.24. The molecule has 0 radical (unpaired) electrons. The topological polar surface area (TPSA) is 44.8 Å². The maximum Gasteiger partial charge on any atom is 0.338 e. The number of carbonyl (C=O) groups excluding carboxylic acids is 1. The summed E-state index contributed by atoms with van der Waals surface area (Å²) in [6.07, 6.45) is 6.22. The van der Waals surface area contributed by atoms with Crippen LogP contribution < -0.4 is 0 Å². The average Bonchev–Trinajstić information content (AvgIpc) is 2.52. The second kappa shape index (κ2) is 12.8. The monoisotopic (exact) mass is 330 g/mol. The molecule has 0 fully saturated rings. The summed E-state index contributed by atoms with van der Waals surface area (Å²) in [5.74, 6) is -0.366. The maximum atomic E-state index is 11.2. The second-order valence-corrected chi connectivity index (χ2v) is 9.26. The van der Waals surface area contributed by atoms with Crippen LogP contribution in [-0.4, -0.2) is 33.8 Å². The Balaban J connectivity index is 4.52. The van der Waals surface area contributed by atoms with E-state index in [4.69, 9.17) is 13.6 Å². The number of unbranched alkanes of at least 4 members (excludes halogenated alkanes) is 2. The molecule has 0 aliphatic carbocycles. The van der Waals surface area contributed by atoms with Crippen molar-refractivity contribution in [3.8, 4) is 0 Å². The lowest BCUT2D eigenvalue weighted by atomic mass is 10.3. The Morgan fingerprint density at radius 1 is 1.14 bits per heavy atom. The summed E-state index contributed by atoms with van der Waals surface area (Å²) < 4.78 is 17.7. The van der Waals surface area contributed by atoms with Gasteiger partial charge in [0, 0.05) is 19.3 Å². The van der Waals surface area contributed by atoms with Gasteiger partial charge in [-0.1, -0.05) is 40.2 Å². The molecular weight excluding hydrogens is 296 g/mol. The van der Waals surface area contributed by atoms with Gasteiger partial charge in [-0.05, 0) is 38.3 Å². The molecule has 4 nitrogen and oxygen atoms in total. The highest BCUT2D eigenvalue weighted by atomic mass is 28.4. The molecule has 22 heavy (non-hydrogen) atoms. The fourth-order valence-corrected chi connectivity index (χ4v) is 5.11. The van der Waals surface area contributed by atoms with E-state index in [2.05, 4.69) is 27.4 Å². The van der Waals surface area contributed by atoms with E-state index in [0.29, 0.717) is 0 Å². The molecule has 0 saturated carbocycles. The third-order valence-electron chi connectivity index (χ3n) is 3.68. The minimum atomic E-state index is -2.19. The first kappa shape index (κ1) is 21.3. The first-order valence-corrected chi connectivity index (χ1v) is 10.9. The summed E-state index contributed by atoms with van der Waals surface area (Å²) in [7, 11) is -2.19. The standard InChI is InChI=1S/C17H34O4Si/c1-6-10-13-19-22(9-4,20-14-11-7-2)15-12-16(5)21-17(18)8-3/h8,16H,3,6-7,9-15H2,1-2,4-5H3. The summed E-state index contributed by atoms with van der Waals surface area (Å²) >= 11 is 0. The fraction of sp³-hybridized carbons (Fsp3) is 0.824. The first-order chi connectivity index (χ1) is 10.5. The molecular formula is C17H34O4Si. The van der Waals surface area contributed by atoms with Gasteiger partial charge in [-0.25, -0.2) is 4.79 Å². The van der Waals surface area contributed by atoms with Crippen molar-refractivity contribution < 1.29 is 18.4 Å². The Hall–Kier alpha value is -0.653. The molecule has 1 unspecified atom stereocenters. The number of carbonyl (C=O) groups is 1. The van der Waals surface area contributed by atoms with Gasteiger partial charge in [0.25, 0.3) is 0 Å². The quantitative estimate of drug-likeness (QED) is 0.202. The summed E-state index contributed by atoms with van der Waals surface area (Å²) in [5, 5.41) is 0. The molecule has 0 aromatic rings. The Labute approximate surface area is 137 Å². The van der Waals surface area contributed by atoms with Crippen molar-refractivity contribution in [2.75, 3.05) is 13.2 Å². The van der Waals surface area contributed by atoms with E-state index in [-0.39, 0.29) is 12.1 Å². The molecule has 1 atom stereocenters. The molecule has 0 rings (SSSR count). The van der Waals surface area contributed by atoms with E-state index < -0.39 is 8.56 Å². The lowest BCUT2D eigenvalue weighted by molar-refractivity contribution is -0.142. The summed E-state index contributed by atoms with van der Waals surface area (Å²) in [4.78, 5) is 11.2. The van der Waals surface area contributed by atoms with Crippen LogP contribution in [0, 0.1) is 0 Å². The molecule has 0 saturated heterocycles. The van der Waals surface area contributed by atoms with Gasteiger partial charge in [0.1, 0.15) is 0 Å². The van der Waals surface area contributed by atoms with Crippen molar-refractivity contribution in [3.05, 3.63) is 12.7 Å². The van der Waals surface area contributed by atoms with E-state index in [1.807, 2.05) is 6.92 Å². The minimum Gasteiger partial charge on any atom is -0.460 e. The highest BCUT2D eigenvalue weighted by Gasteiger charge is 2.35. The molecule has 0 bridgehead atoms. The van der Waals surface area contributed by atoms with Crippen LogP contribution in [0.5, 0.6) is 0 Å². The van der Waals surface area contributed by atoms with E-state index >= 15 is 0 Å². The van der Waals surface area contributed by atoms with Gasteiger partial charge in [-0.3, -0.25) is 0 Å². The van der Waals surface area contributed by atoms with Crippen LogP contribution in [-0.2, 0) is 18.4 Å². The van der Waals surface area contributed by atoms with Crippen LogP contribution in [0.1, 0.15) is 59.8 Å². The van der Waals surface area contributed by atoms with Crippen LogP contribution in [0.15, 0.2) is 12.7 Å². The van der Waals surface area contributed by atoms with E-state index in [1.54, 1.807) is 0 Å². The smallest absolute Gasteiger partial charge is 0.338 e. The predicted molar refractivity (Wildman–Crippen MR) is 93.1 cm³/mol. The number of esters is 1. The van der Waals surface area contributed by atoms with Crippen molar-refractivity contribution in [3.63, 3.8) is 0 Å². The van der Waals surface area contributed by atoms with Crippen molar-refractivity contribution in [1.29, 1.82) is 0 Å². The van der Waals surface area contributed by atoms with Gasteiger partial charge in [0.15, 0.2) is 0 Å². The zero-order chi connectivity index (χ0) is 16.8. The normalized spacial score (nSPS) is 12.9. The second-order valence-electron chi connectivity index (χ2n) is 5.66. The van der Waals surface area contributed by atoms with Crippen LogP contribution in [0.3, 0.4) is 0 Å². The van der Waals surface area contributed by atoms with Gasteiger partial charge in [-0.15, -0.1) is 0 Å². The number of hydrogen-bond acceptors (Lipinski definition) is 4. The molecule has 0 heterocycles. The van der Waals surface area contributed by atoms with Crippen molar-refractivity contribution in [2.45, 2.75) is 78.0 Å². The third kappa shape index (κ3) is 9.38. The largest absolute Gasteiger partial charge is 0.460 e. The van der Waals surface area contributed by atoms with Gasteiger partial charge in [0.2, 0.25) is 0 Å². The molecule has 0 N–H and O–H groups in total. The molecule has 0 aromatic heterocycles. The highest BCUT2D eigenvalue weighted by molar-refractivity contribution is 6.67. The van der Waals surface area contributed by atoms with Gasteiger partial charge in [-0.2, -0.15) is 0 Å². The number of rotatable bonds is 14. The third-order valence-corrected chi connectivity index (χ3v) is 7.27. The van der Waals surface area contributed by atoms with Crippen molar-refractivity contribution in [2.24, 2.45) is 0 Å². The lowest BCUT2D eigenvalue weighted by Gasteiger charge is -2.31. The SMILES string of the molecule is C=CC(=O)OC(C)CC[Si](CC)(OCCCC)OCCCC. The molecule has 0 aromatic carbocycles. The van der Waals surface area contributed by atoms with Crippen LogP contribution in [0.25, 0.3) is 0 Å². The fourth-order valence-electron chi connectivity index (χ4n) is 2.10. The summed E-state index contributed by atoms with van der Waals surface area (Å²) in [6, 6.07) is 1.80. The van der Waals surface area contributed by atoms with E-state index in [1.165, 1.54) is 6.08 Å². The average molecular weight is 331 g/mol. The number of ether oxygens (including phenoxy) is 1. The van der Waals surface area contributed by atoms with Crippen molar-refractivity contribution in [1.82, 2.24) is 0 Å². The summed E-state index contributed by atoms with van der Waals surface area (Å²) in [5.41, 5.74) is 0. The van der Waals surface area contributed by atoms with Crippen LogP contribution in [0.4, 0.5) is 0 Å². The molecule has 5 heteroatoms. The zero-order valence-corrected chi connectivity index (χ0v) is 15.9. The molecule has 0 aliphatic heterocycles. The Kier molecular flexibility index (Phi) is 12.5. The van der Waals surface area contributed by atoms with Gasteiger partial charge < -0.3 is 13.6 Å². The Morgan fingerprint density at radius 2 is 1.68 bits per heavy atom. The minimum absolute atomic E-state index is 0.131. The Morgan fingerprint density at radius 3 is 2.09 bits per heavy atom. The molecule has 0 aliphatic rings. The molecule has 0 spiro atoms. The Bertz CT molecular complexity index is 297. The molecule has 0 amide bonds. The predicted octanol–water partition coefficient (Wildman–Crippen LogP) is 4.59. The summed E-state index contributed by atoms with van der Waals surface area (Å²) in [6.45, 7) is 13.3. The lowest BCUT2D eigenvalue weighted by Crippen LogP contribution is -2.43. The van der Waals surface area contributed by atoms with Crippen LogP contribution >= 0.6 is 0 Å². The molecule has 130 valence electrons. The van der Waals surface area contributed by atoms with Crippen molar-refractivity contribution >= 4 is 14.5 Å². The number of hydrogen-bond donors (Lipinski definition) is 0. The van der Waals surface area contributed by atoms with Gasteiger partial charge in [0.05, 0.1) is 6.10 Å². The maximum absolute atomic E-state index is 11.2.